The Balaban J connectivity index is 1.33. The highest BCUT2D eigenvalue weighted by molar-refractivity contribution is 8.00. The van der Waals surface area contributed by atoms with Crippen LogP contribution in [0.1, 0.15) is 21.9 Å². The number of hydrogen-bond acceptors (Lipinski definition) is 9. The number of ether oxygens (including phenoxy) is 1. The van der Waals surface area contributed by atoms with Crippen LogP contribution in [-0.2, 0) is 14.4 Å². The van der Waals surface area contributed by atoms with Crippen molar-refractivity contribution in [2.75, 3.05) is 16.8 Å². The van der Waals surface area contributed by atoms with Gasteiger partial charge < -0.3 is 15.0 Å². The maximum absolute atomic E-state index is 13.9. The normalized spacial score (nSPS) is 19.3. The van der Waals surface area contributed by atoms with Crippen LogP contribution in [0.3, 0.4) is 0 Å². The number of anilines is 2. The van der Waals surface area contributed by atoms with Crippen LogP contribution >= 0.6 is 23.1 Å². The predicted molar refractivity (Wildman–Crippen MR) is 157 cm³/mol. The summed E-state index contributed by atoms with van der Waals surface area (Å²) in [6.07, 6.45) is 0. The fourth-order valence-corrected chi connectivity index (χ4v) is 7.68. The van der Waals surface area contributed by atoms with Crippen molar-refractivity contribution < 1.29 is 24.0 Å². The van der Waals surface area contributed by atoms with Crippen LogP contribution in [0.15, 0.2) is 82.6 Å². The van der Waals surface area contributed by atoms with E-state index in [1.54, 1.807) is 36.4 Å². The second-order valence-electron chi connectivity index (χ2n) is 9.78. The fourth-order valence-electron chi connectivity index (χ4n) is 5.18. The number of H-pyrrole nitrogens is 1. The molecule has 0 spiro atoms. The summed E-state index contributed by atoms with van der Waals surface area (Å²) in [5.41, 5.74) is 2.29. The number of thiazole rings is 1. The third-order valence-electron chi connectivity index (χ3n) is 7.09. The van der Waals surface area contributed by atoms with Crippen molar-refractivity contribution in [2.24, 2.45) is 5.92 Å². The van der Waals surface area contributed by atoms with E-state index in [0.29, 0.717) is 26.9 Å². The van der Waals surface area contributed by atoms with E-state index in [1.165, 1.54) is 24.3 Å². The van der Waals surface area contributed by atoms with Crippen molar-refractivity contribution in [3.05, 3.63) is 109 Å². The first-order valence-corrected chi connectivity index (χ1v) is 14.5. The number of nitro benzene ring substituents is 1. The molecule has 2 aliphatic rings. The lowest BCUT2D eigenvalue weighted by Crippen LogP contribution is -2.32. The zero-order valence-corrected chi connectivity index (χ0v) is 23.6. The van der Waals surface area contributed by atoms with E-state index >= 15 is 0 Å². The Morgan fingerprint density at radius 1 is 1.02 bits per heavy atom. The first-order valence-electron chi connectivity index (χ1n) is 12.8. The average Bonchev–Trinajstić information content (AvgIpc) is 3.47. The summed E-state index contributed by atoms with van der Waals surface area (Å²) in [6, 6.07) is 19.5. The smallest absolute Gasteiger partial charge is 0.305 e. The Morgan fingerprint density at radius 2 is 1.74 bits per heavy atom. The van der Waals surface area contributed by atoms with Gasteiger partial charge in [0.25, 0.3) is 11.6 Å². The Hall–Kier alpha value is -4.75. The molecule has 0 saturated carbocycles. The minimum Gasteiger partial charge on any atom is -0.483 e. The van der Waals surface area contributed by atoms with E-state index < -0.39 is 33.8 Å². The first-order chi connectivity index (χ1) is 20.2. The van der Waals surface area contributed by atoms with Crippen LogP contribution in [0.25, 0.3) is 0 Å². The molecule has 0 bridgehead atoms. The molecule has 3 heterocycles. The third kappa shape index (κ3) is 4.97. The molecular weight excluding hydrogens is 580 g/mol. The summed E-state index contributed by atoms with van der Waals surface area (Å²) in [4.78, 5) is 67.3. The topological polar surface area (TPSA) is 152 Å². The first kappa shape index (κ1) is 27.4. The summed E-state index contributed by atoms with van der Waals surface area (Å²) < 4.78 is 5.95. The summed E-state index contributed by atoms with van der Waals surface area (Å²) in [7, 11) is 0. The lowest BCUT2D eigenvalue weighted by atomic mass is 9.82. The molecule has 0 aliphatic carbocycles. The highest BCUT2D eigenvalue weighted by Crippen LogP contribution is 2.54. The van der Waals surface area contributed by atoms with Crippen LogP contribution in [-0.4, -0.2) is 39.5 Å². The molecular formula is C29H22N4O7S2. The number of nitrogens with zero attached hydrogens (tertiary/aromatic N) is 2. The van der Waals surface area contributed by atoms with E-state index in [1.807, 2.05) is 19.1 Å². The molecule has 4 aromatic rings. The Kier molecular flexibility index (Phi) is 7.12. The van der Waals surface area contributed by atoms with Gasteiger partial charge in [0.2, 0.25) is 11.8 Å². The van der Waals surface area contributed by atoms with Gasteiger partial charge in [-0.05, 0) is 37.3 Å². The molecule has 1 aromatic heterocycles. The van der Waals surface area contributed by atoms with Crippen molar-refractivity contribution in [1.82, 2.24) is 4.98 Å². The number of non-ortho nitro benzene ring substituents is 1. The number of aromatic nitrogens is 1. The number of amides is 3. The van der Waals surface area contributed by atoms with Gasteiger partial charge in [0.1, 0.15) is 11.0 Å². The third-order valence-corrected chi connectivity index (χ3v) is 9.49. The minimum absolute atomic E-state index is 0.167. The van der Waals surface area contributed by atoms with E-state index in [-0.39, 0.29) is 28.8 Å². The maximum Gasteiger partial charge on any atom is 0.305 e. The monoisotopic (exact) mass is 602 g/mol. The Morgan fingerprint density at radius 3 is 2.45 bits per heavy atom. The molecule has 212 valence electrons. The molecule has 11 nitrogen and oxygen atoms in total. The van der Waals surface area contributed by atoms with Crippen molar-refractivity contribution >= 4 is 57.9 Å². The predicted octanol–water partition coefficient (Wildman–Crippen LogP) is 4.47. The second-order valence-corrected chi connectivity index (χ2v) is 11.9. The van der Waals surface area contributed by atoms with Crippen molar-refractivity contribution in [3.8, 4) is 5.75 Å². The van der Waals surface area contributed by atoms with Gasteiger partial charge in [0.05, 0.1) is 21.6 Å². The molecule has 3 amide bonds. The van der Waals surface area contributed by atoms with Crippen molar-refractivity contribution in [2.45, 2.75) is 23.1 Å². The number of carbonyl (C=O) groups excluding carboxylic acids is 3. The van der Waals surface area contributed by atoms with Gasteiger partial charge in [0, 0.05) is 34.2 Å². The summed E-state index contributed by atoms with van der Waals surface area (Å²) in [5.74, 6) is -2.62. The molecule has 0 radical (unpaired) electrons. The number of fused-ring (bicyclic) bond motifs is 2. The average molecular weight is 603 g/mol. The number of aromatic amines is 1. The number of aryl methyl sites for hydroxylation is 1. The van der Waals surface area contributed by atoms with Crippen LogP contribution in [0.4, 0.5) is 17.1 Å². The molecule has 2 aliphatic heterocycles. The zero-order chi connectivity index (χ0) is 29.5. The molecule has 2 N–H and O–H groups in total. The van der Waals surface area contributed by atoms with Gasteiger partial charge in [-0.1, -0.05) is 59.0 Å². The number of benzene rings is 3. The van der Waals surface area contributed by atoms with Crippen molar-refractivity contribution in [3.63, 3.8) is 0 Å². The van der Waals surface area contributed by atoms with Gasteiger partial charge in [-0.3, -0.25) is 29.3 Å². The van der Waals surface area contributed by atoms with Crippen LogP contribution in [0, 0.1) is 23.0 Å². The molecule has 0 unspecified atom stereocenters. The van der Waals surface area contributed by atoms with Gasteiger partial charge in [-0.25, -0.2) is 4.90 Å². The van der Waals surface area contributed by atoms with Crippen LogP contribution < -0.4 is 19.8 Å². The number of imide groups is 1. The highest BCUT2D eigenvalue weighted by Gasteiger charge is 2.56. The van der Waals surface area contributed by atoms with E-state index in [9.17, 15) is 29.3 Å². The Bertz CT molecular complexity index is 1780. The maximum atomic E-state index is 13.9. The van der Waals surface area contributed by atoms with E-state index in [2.05, 4.69) is 10.3 Å². The Labute approximate surface area is 246 Å². The molecule has 6 rings (SSSR count). The highest BCUT2D eigenvalue weighted by atomic mass is 32.2. The van der Waals surface area contributed by atoms with E-state index in [0.717, 1.165) is 33.6 Å². The molecule has 1 fully saturated rings. The molecule has 1 saturated heterocycles. The van der Waals surface area contributed by atoms with Crippen molar-refractivity contribution in [1.29, 1.82) is 0 Å². The van der Waals surface area contributed by atoms with Crippen LogP contribution in [0.2, 0.25) is 0 Å². The largest absolute Gasteiger partial charge is 0.483 e. The number of nitrogens with one attached hydrogen (secondary N) is 2. The number of para-hydroxylation sites is 1. The summed E-state index contributed by atoms with van der Waals surface area (Å²) in [5, 5.41) is 13.5. The van der Waals surface area contributed by atoms with Gasteiger partial charge in [0.15, 0.2) is 6.61 Å². The fraction of sp³-hybridized carbons (Fsp3) is 0.172. The number of hydrogen-bond donors (Lipinski definition) is 2. The van der Waals surface area contributed by atoms with Crippen LogP contribution in [0.5, 0.6) is 5.75 Å². The molecule has 42 heavy (non-hydrogen) atoms. The van der Waals surface area contributed by atoms with Gasteiger partial charge in [-0.15, -0.1) is 0 Å². The van der Waals surface area contributed by atoms with E-state index in [4.69, 9.17) is 4.74 Å². The summed E-state index contributed by atoms with van der Waals surface area (Å²) in [6.45, 7) is 1.64. The van der Waals surface area contributed by atoms with Gasteiger partial charge in [-0.2, -0.15) is 0 Å². The second kappa shape index (κ2) is 10.9. The molecule has 3 aromatic carbocycles. The van der Waals surface area contributed by atoms with Gasteiger partial charge >= 0.3 is 4.87 Å². The molecule has 3 atom stereocenters. The lowest BCUT2D eigenvalue weighted by Gasteiger charge is -2.30. The number of rotatable bonds is 7. The quantitative estimate of drug-likeness (QED) is 0.179. The molecule has 13 heteroatoms. The standard InChI is InChI=1S/C29H22N4O7S2/c1-15-6-8-16(9-7-15)30-21(34)14-40-20-5-3-2-4-19(20)22-23-25(41-26-24(22)42-29(37)31-26)28(36)32(27(23)35)17-10-12-18(13-11-17)33(38)39/h2-13,22-23,25H,14H2,1H3,(H,30,34)(H,31,37)/t22-,23-,25+/m0/s1. The SMILES string of the molecule is Cc1ccc(NC(=O)COc2ccccc2[C@@H]2c3sc(=O)[nH]c3S[C@H]3C(=O)N(c4ccc([N+](=O)[O-])cc4)C(=O)[C@@H]23)cc1. The number of carbonyl (C=O) groups is 3. The number of nitro groups is 1. The minimum atomic E-state index is -0.886. The summed E-state index contributed by atoms with van der Waals surface area (Å²) >= 11 is 2.08. The lowest BCUT2D eigenvalue weighted by molar-refractivity contribution is -0.384. The zero-order valence-electron chi connectivity index (χ0n) is 21.9. The number of thioether (sulfide) groups is 1.